The van der Waals surface area contributed by atoms with Crippen molar-refractivity contribution in [2.75, 3.05) is 6.61 Å². The van der Waals surface area contributed by atoms with Gasteiger partial charge in [0.2, 0.25) is 0 Å². The Bertz CT molecular complexity index is 1300. The van der Waals surface area contributed by atoms with Crippen molar-refractivity contribution in [3.63, 3.8) is 0 Å². The Morgan fingerprint density at radius 2 is 1.69 bits per heavy atom. The van der Waals surface area contributed by atoms with Crippen LogP contribution in [0.3, 0.4) is 0 Å². The minimum absolute atomic E-state index is 0.0993. The van der Waals surface area contributed by atoms with Crippen LogP contribution in [0.2, 0.25) is 0 Å². The minimum Gasteiger partial charge on any atom is -0.461 e. The van der Waals surface area contributed by atoms with Gasteiger partial charge in [0.15, 0.2) is 0 Å². The number of hydrogen-bond acceptors (Lipinski definition) is 7. The van der Waals surface area contributed by atoms with Crippen molar-refractivity contribution in [1.82, 2.24) is 25.0 Å². The maximum atomic E-state index is 12.8. The molecule has 4 aromatic rings. The van der Waals surface area contributed by atoms with Gasteiger partial charge in [-0.25, -0.2) is 14.6 Å². The van der Waals surface area contributed by atoms with Crippen LogP contribution in [-0.4, -0.2) is 37.9 Å². The number of nitrogens with zero attached hydrogens (tertiary/aromatic N) is 5. The molecule has 0 amide bonds. The lowest BCUT2D eigenvalue weighted by molar-refractivity contribution is -0.274. The highest BCUT2D eigenvalue weighted by Crippen LogP contribution is 2.27. The molecule has 0 unspecified atom stereocenters. The summed E-state index contributed by atoms with van der Waals surface area (Å²) in [6, 6.07) is 10.5. The van der Waals surface area contributed by atoms with Crippen LogP contribution in [0.25, 0.3) is 22.0 Å². The van der Waals surface area contributed by atoms with E-state index in [1.807, 2.05) is 0 Å². The zero-order valence-corrected chi connectivity index (χ0v) is 17.7. The molecule has 2 heterocycles. The fourth-order valence-electron chi connectivity index (χ4n) is 2.85. The summed E-state index contributed by atoms with van der Waals surface area (Å²) < 4.78 is 48.2. The Balaban J connectivity index is 1.53. The topological polar surface area (TPSA) is 92.0 Å². The van der Waals surface area contributed by atoms with Gasteiger partial charge in [-0.2, -0.15) is 0 Å². The number of alkyl halides is 3. The number of rotatable bonds is 6. The molecule has 0 aliphatic carbocycles. The molecule has 2 aromatic heterocycles. The second-order valence-electron chi connectivity index (χ2n) is 6.45. The molecule has 164 valence electrons. The first kappa shape index (κ1) is 21.7. The number of fused-ring (bicyclic) bond motifs is 1. The van der Waals surface area contributed by atoms with Gasteiger partial charge in [-0.3, -0.25) is 4.79 Å². The molecule has 0 saturated heterocycles. The zero-order chi connectivity index (χ0) is 22.7. The van der Waals surface area contributed by atoms with Gasteiger partial charge in [0.05, 0.1) is 16.4 Å². The summed E-state index contributed by atoms with van der Waals surface area (Å²) in [4.78, 5) is 20.8. The molecule has 0 N–H and O–H groups in total. The van der Waals surface area contributed by atoms with Gasteiger partial charge in [0.25, 0.3) is 5.56 Å². The first-order valence-corrected chi connectivity index (χ1v) is 9.92. The molecule has 0 spiro atoms. The van der Waals surface area contributed by atoms with Crippen molar-refractivity contribution in [2.24, 2.45) is 0 Å². The highest BCUT2D eigenvalue weighted by molar-refractivity contribution is 9.10. The van der Waals surface area contributed by atoms with Crippen molar-refractivity contribution < 1.29 is 22.6 Å². The standard InChI is InChI=1S/C20H13BrF3N5O3/c21-14-10-25-19(26-11-14)31-8-7-29-18(30)16-9-13(3-6-17(16)27-28-29)12-1-4-15(5-2-12)32-20(22,23)24/h1-6,9-11H,7-8H2. The summed E-state index contributed by atoms with van der Waals surface area (Å²) in [5.41, 5.74) is 1.26. The first-order chi connectivity index (χ1) is 15.3. The molecular weight excluding hydrogens is 495 g/mol. The number of hydrogen-bond donors (Lipinski definition) is 0. The predicted molar refractivity (Wildman–Crippen MR) is 111 cm³/mol. The van der Waals surface area contributed by atoms with E-state index < -0.39 is 6.36 Å². The van der Waals surface area contributed by atoms with Crippen molar-refractivity contribution in [2.45, 2.75) is 12.9 Å². The molecule has 8 nitrogen and oxygen atoms in total. The third-order valence-electron chi connectivity index (χ3n) is 4.27. The van der Waals surface area contributed by atoms with E-state index in [-0.39, 0.29) is 30.5 Å². The van der Waals surface area contributed by atoms with Gasteiger partial charge in [-0.15, -0.1) is 18.3 Å². The van der Waals surface area contributed by atoms with Crippen molar-refractivity contribution >= 4 is 26.8 Å². The first-order valence-electron chi connectivity index (χ1n) is 9.12. The quantitative estimate of drug-likeness (QED) is 0.389. The van der Waals surface area contributed by atoms with E-state index in [1.165, 1.54) is 36.7 Å². The van der Waals surface area contributed by atoms with Gasteiger partial charge in [-0.05, 0) is 51.3 Å². The third kappa shape index (κ3) is 5.19. The minimum atomic E-state index is -4.76. The van der Waals surface area contributed by atoms with E-state index >= 15 is 0 Å². The Labute approximate surface area is 186 Å². The molecule has 4 rings (SSSR count). The fraction of sp³-hybridized carbons (Fsp3) is 0.150. The van der Waals surface area contributed by atoms with E-state index in [1.54, 1.807) is 18.2 Å². The third-order valence-corrected chi connectivity index (χ3v) is 4.68. The van der Waals surface area contributed by atoms with Crippen LogP contribution in [0, 0.1) is 0 Å². The molecule has 0 aliphatic heterocycles. The van der Waals surface area contributed by atoms with Crippen LogP contribution < -0.4 is 15.0 Å². The predicted octanol–water partition coefficient (Wildman–Crippen LogP) is 3.99. The summed E-state index contributed by atoms with van der Waals surface area (Å²) in [7, 11) is 0. The average molecular weight is 508 g/mol. The molecule has 0 saturated carbocycles. The summed E-state index contributed by atoms with van der Waals surface area (Å²) in [6.07, 6.45) is -1.69. The van der Waals surface area contributed by atoms with Crippen molar-refractivity contribution in [3.8, 4) is 22.9 Å². The van der Waals surface area contributed by atoms with Gasteiger partial charge in [-0.1, -0.05) is 23.4 Å². The Morgan fingerprint density at radius 3 is 2.38 bits per heavy atom. The van der Waals surface area contributed by atoms with Crippen LogP contribution in [-0.2, 0) is 6.54 Å². The second kappa shape index (κ2) is 8.91. The molecule has 0 radical (unpaired) electrons. The van der Waals surface area contributed by atoms with Gasteiger partial charge < -0.3 is 9.47 Å². The second-order valence-corrected chi connectivity index (χ2v) is 7.37. The van der Waals surface area contributed by atoms with Gasteiger partial charge >= 0.3 is 12.4 Å². The maximum Gasteiger partial charge on any atom is 0.573 e. The number of ether oxygens (including phenoxy) is 2. The highest BCUT2D eigenvalue weighted by atomic mass is 79.9. The molecular formula is C20H13BrF3N5O3. The van der Waals surface area contributed by atoms with Crippen LogP contribution in [0.15, 0.2) is 64.1 Å². The summed E-state index contributed by atoms with van der Waals surface area (Å²) >= 11 is 3.22. The van der Waals surface area contributed by atoms with Gasteiger partial charge in [0.1, 0.15) is 17.9 Å². The molecule has 2 aromatic carbocycles. The van der Waals surface area contributed by atoms with Gasteiger partial charge in [0, 0.05) is 12.4 Å². The van der Waals surface area contributed by atoms with Crippen molar-refractivity contribution in [3.05, 3.63) is 69.7 Å². The lowest BCUT2D eigenvalue weighted by Crippen LogP contribution is -2.27. The summed E-state index contributed by atoms with van der Waals surface area (Å²) in [5.74, 6) is -0.329. The van der Waals surface area contributed by atoms with Crippen LogP contribution in [0.1, 0.15) is 0 Å². The largest absolute Gasteiger partial charge is 0.573 e. The highest BCUT2D eigenvalue weighted by Gasteiger charge is 2.30. The van der Waals surface area contributed by atoms with Crippen molar-refractivity contribution in [1.29, 1.82) is 0 Å². The number of aromatic nitrogens is 5. The summed E-state index contributed by atoms with van der Waals surface area (Å²) in [6.45, 7) is 0.219. The average Bonchev–Trinajstić information content (AvgIpc) is 2.76. The smallest absolute Gasteiger partial charge is 0.461 e. The molecule has 0 fully saturated rings. The van der Waals surface area contributed by atoms with Crippen LogP contribution >= 0.6 is 15.9 Å². The number of benzene rings is 2. The Hall–Kier alpha value is -3.54. The summed E-state index contributed by atoms with van der Waals surface area (Å²) in [5, 5.41) is 8.26. The zero-order valence-electron chi connectivity index (χ0n) is 16.1. The molecule has 0 aliphatic rings. The van der Waals surface area contributed by atoms with E-state index in [0.29, 0.717) is 26.5 Å². The lowest BCUT2D eigenvalue weighted by atomic mass is 10.0. The Kier molecular flexibility index (Phi) is 6.04. The molecule has 0 bridgehead atoms. The van der Waals surface area contributed by atoms with Crippen LogP contribution in [0.4, 0.5) is 13.2 Å². The van der Waals surface area contributed by atoms with Crippen LogP contribution in [0.5, 0.6) is 11.8 Å². The number of halogens is 4. The SMILES string of the molecule is O=c1c2cc(-c3ccc(OC(F)(F)F)cc3)ccc2nnn1CCOc1ncc(Br)cn1. The molecule has 32 heavy (non-hydrogen) atoms. The Morgan fingerprint density at radius 1 is 1.00 bits per heavy atom. The molecule has 0 atom stereocenters. The maximum absolute atomic E-state index is 12.8. The fourth-order valence-corrected chi connectivity index (χ4v) is 3.05. The van der Waals surface area contributed by atoms with E-state index in [9.17, 15) is 18.0 Å². The normalized spacial score (nSPS) is 11.5. The monoisotopic (exact) mass is 507 g/mol. The molecule has 12 heteroatoms. The van der Waals surface area contributed by atoms with E-state index in [2.05, 4.69) is 40.9 Å². The lowest BCUT2D eigenvalue weighted by Gasteiger charge is -2.10. The van der Waals surface area contributed by atoms with E-state index in [0.717, 1.165) is 4.68 Å². The van der Waals surface area contributed by atoms with E-state index in [4.69, 9.17) is 4.74 Å².